The van der Waals surface area contributed by atoms with Crippen molar-refractivity contribution in [2.24, 2.45) is 0 Å². The molecule has 0 radical (unpaired) electrons. The quantitative estimate of drug-likeness (QED) is 0.483. The van der Waals surface area contributed by atoms with E-state index in [1.165, 1.54) is 6.20 Å². The van der Waals surface area contributed by atoms with Gasteiger partial charge in [-0.25, -0.2) is 9.97 Å². The standard InChI is InChI=1S/C23H17N7/c1-14-6-5-7-17-15(2)10-21(29-22(14)17)30-23(16(11-24)12-26-30)28-20-13-25-18-8-3-4-9-19(18)27-20/h3-10,12-13H,1-2H3,(H,27,28). The number of hydrogen-bond acceptors (Lipinski definition) is 6. The molecule has 5 aromatic rings. The van der Waals surface area contributed by atoms with Crippen LogP contribution in [0, 0.1) is 25.2 Å². The maximum absolute atomic E-state index is 9.60. The van der Waals surface area contributed by atoms with E-state index in [0.29, 0.717) is 23.0 Å². The third kappa shape index (κ3) is 2.91. The fourth-order valence-electron chi connectivity index (χ4n) is 3.52. The maximum atomic E-state index is 9.60. The number of aryl methyl sites for hydroxylation is 2. The second-order valence-corrected chi connectivity index (χ2v) is 7.07. The molecule has 0 unspecified atom stereocenters. The molecule has 0 aliphatic heterocycles. The van der Waals surface area contributed by atoms with Gasteiger partial charge in [0, 0.05) is 5.39 Å². The molecule has 3 aromatic heterocycles. The van der Waals surface area contributed by atoms with E-state index in [4.69, 9.17) is 4.98 Å². The molecule has 7 heteroatoms. The van der Waals surface area contributed by atoms with Crippen LogP contribution < -0.4 is 5.32 Å². The monoisotopic (exact) mass is 391 g/mol. The Kier molecular flexibility index (Phi) is 4.11. The Morgan fingerprint density at radius 3 is 2.60 bits per heavy atom. The van der Waals surface area contributed by atoms with Gasteiger partial charge in [-0.1, -0.05) is 30.3 Å². The lowest BCUT2D eigenvalue weighted by atomic mass is 10.1. The first-order valence-corrected chi connectivity index (χ1v) is 9.48. The molecule has 1 N–H and O–H groups in total. The van der Waals surface area contributed by atoms with E-state index >= 15 is 0 Å². The average molecular weight is 391 g/mol. The number of anilines is 2. The van der Waals surface area contributed by atoms with Crippen LogP contribution in [0.2, 0.25) is 0 Å². The molecule has 0 bridgehead atoms. The van der Waals surface area contributed by atoms with E-state index in [2.05, 4.69) is 32.5 Å². The van der Waals surface area contributed by atoms with Crippen LogP contribution in [0.4, 0.5) is 11.6 Å². The highest BCUT2D eigenvalue weighted by Crippen LogP contribution is 2.27. The first kappa shape index (κ1) is 17.8. The summed E-state index contributed by atoms with van der Waals surface area (Å²) < 4.78 is 1.63. The van der Waals surface area contributed by atoms with Crippen LogP contribution in [-0.4, -0.2) is 24.7 Å². The molecular weight excluding hydrogens is 374 g/mol. The lowest BCUT2D eigenvalue weighted by Gasteiger charge is -2.12. The fraction of sp³-hybridized carbons (Fsp3) is 0.0870. The van der Waals surface area contributed by atoms with E-state index in [1.807, 2.05) is 56.3 Å². The summed E-state index contributed by atoms with van der Waals surface area (Å²) in [6.07, 6.45) is 3.17. The largest absolute Gasteiger partial charge is 0.322 e. The zero-order chi connectivity index (χ0) is 20.7. The molecule has 0 aliphatic rings. The Balaban J connectivity index is 1.64. The predicted octanol–water partition coefficient (Wildman–Crippen LogP) is 4.60. The van der Waals surface area contributed by atoms with Gasteiger partial charge in [0.05, 0.1) is 28.9 Å². The van der Waals surface area contributed by atoms with E-state index in [1.54, 1.807) is 10.9 Å². The molecule has 0 spiro atoms. The molecule has 3 heterocycles. The van der Waals surface area contributed by atoms with Crippen molar-refractivity contribution in [3.8, 4) is 11.9 Å². The first-order valence-electron chi connectivity index (χ1n) is 9.48. The topological polar surface area (TPSA) is 92.3 Å². The molecule has 0 fully saturated rings. The summed E-state index contributed by atoms with van der Waals surface area (Å²) >= 11 is 0. The van der Waals surface area contributed by atoms with Gasteiger partial charge in [0.15, 0.2) is 17.5 Å². The molecule has 5 rings (SSSR count). The second kappa shape index (κ2) is 6.94. The van der Waals surface area contributed by atoms with E-state index in [0.717, 1.165) is 33.1 Å². The molecule has 0 atom stereocenters. The number of nitrogens with one attached hydrogen (secondary N) is 1. The van der Waals surface area contributed by atoms with E-state index in [9.17, 15) is 5.26 Å². The van der Waals surface area contributed by atoms with Gasteiger partial charge in [0.1, 0.15) is 11.6 Å². The van der Waals surface area contributed by atoms with Crippen molar-refractivity contribution in [1.82, 2.24) is 24.7 Å². The number of benzene rings is 2. The third-order valence-corrected chi connectivity index (χ3v) is 5.04. The van der Waals surface area contributed by atoms with Crippen LogP contribution in [0.3, 0.4) is 0 Å². The van der Waals surface area contributed by atoms with E-state index < -0.39 is 0 Å². The molecule has 144 valence electrons. The van der Waals surface area contributed by atoms with Gasteiger partial charge in [-0.2, -0.15) is 15.0 Å². The fourth-order valence-corrected chi connectivity index (χ4v) is 3.52. The molecular formula is C23H17N7. The van der Waals surface area contributed by atoms with Gasteiger partial charge in [-0.3, -0.25) is 4.98 Å². The van der Waals surface area contributed by atoms with Gasteiger partial charge >= 0.3 is 0 Å². The minimum atomic E-state index is 0.397. The minimum Gasteiger partial charge on any atom is -0.322 e. The van der Waals surface area contributed by atoms with Gasteiger partial charge in [0.25, 0.3) is 0 Å². The van der Waals surface area contributed by atoms with Gasteiger partial charge < -0.3 is 5.32 Å². The summed E-state index contributed by atoms with van der Waals surface area (Å²) in [7, 11) is 0. The van der Waals surface area contributed by atoms with Crippen molar-refractivity contribution < 1.29 is 0 Å². The zero-order valence-electron chi connectivity index (χ0n) is 16.5. The van der Waals surface area contributed by atoms with Gasteiger partial charge in [-0.15, -0.1) is 0 Å². The number of nitrogens with zero attached hydrogens (tertiary/aromatic N) is 6. The van der Waals surface area contributed by atoms with Crippen LogP contribution in [0.15, 0.2) is 60.9 Å². The Labute approximate surface area is 172 Å². The number of rotatable bonds is 3. The molecule has 30 heavy (non-hydrogen) atoms. The van der Waals surface area contributed by atoms with Crippen molar-refractivity contribution in [3.63, 3.8) is 0 Å². The zero-order valence-corrected chi connectivity index (χ0v) is 16.5. The Morgan fingerprint density at radius 1 is 0.933 bits per heavy atom. The van der Waals surface area contributed by atoms with Crippen molar-refractivity contribution in [1.29, 1.82) is 5.26 Å². The lowest BCUT2D eigenvalue weighted by molar-refractivity contribution is 0.857. The summed E-state index contributed by atoms with van der Waals surface area (Å²) in [5, 5.41) is 18.3. The summed E-state index contributed by atoms with van der Waals surface area (Å²) in [6.45, 7) is 4.08. The summed E-state index contributed by atoms with van der Waals surface area (Å²) in [5.41, 5.74) is 5.05. The number of hydrogen-bond donors (Lipinski definition) is 1. The average Bonchev–Trinajstić information content (AvgIpc) is 3.17. The molecule has 0 amide bonds. The third-order valence-electron chi connectivity index (χ3n) is 5.04. The highest BCUT2D eigenvalue weighted by Gasteiger charge is 2.16. The molecule has 2 aromatic carbocycles. The minimum absolute atomic E-state index is 0.397. The highest BCUT2D eigenvalue weighted by atomic mass is 15.4. The summed E-state index contributed by atoms with van der Waals surface area (Å²) in [5.74, 6) is 1.66. The first-order chi connectivity index (χ1) is 14.6. The number of fused-ring (bicyclic) bond motifs is 2. The lowest BCUT2D eigenvalue weighted by Crippen LogP contribution is -2.07. The van der Waals surface area contributed by atoms with Crippen molar-refractivity contribution in [2.45, 2.75) is 13.8 Å². The summed E-state index contributed by atoms with van der Waals surface area (Å²) in [4.78, 5) is 13.9. The maximum Gasteiger partial charge on any atom is 0.156 e. The Bertz CT molecular complexity index is 1460. The smallest absolute Gasteiger partial charge is 0.156 e. The van der Waals surface area contributed by atoms with Crippen LogP contribution in [0.1, 0.15) is 16.7 Å². The van der Waals surface area contributed by atoms with Crippen LogP contribution in [0.25, 0.3) is 27.8 Å². The SMILES string of the molecule is Cc1cc(-n2ncc(C#N)c2Nc2cnc3ccccc3n2)nc2c(C)cccc12. The Hall–Kier alpha value is -4.31. The molecule has 0 aliphatic carbocycles. The molecule has 0 saturated heterocycles. The predicted molar refractivity (Wildman–Crippen MR) is 116 cm³/mol. The van der Waals surface area contributed by atoms with Crippen LogP contribution in [0.5, 0.6) is 0 Å². The molecule has 0 saturated carbocycles. The number of nitriles is 1. The highest BCUT2D eigenvalue weighted by molar-refractivity contribution is 5.86. The van der Waals surface area contributed by atoms with Gasteiger partial charge in [-0.05, 0) is 43.2 Å². The van der Waals surface area contributed by atoms with Gasteiger partial charge in [0.2, 0.25) is 0 Å². The second-order valence-electron chi connectivity index (χ2n) is 7.07. The number of pyridine rings is 1. The van der Waals surface area contributed by atoms with E-state index in [-0.39, 0.29) is 0 Å². The van der Waals surface area contributed by atoms with Crippen molar-refractivity contribution in [3.05, 3.63) is 77.6 Å². The van der Waals surface area contributed by atoms with Crippen LogP contribution in [-0.2, 0) is 0 Å². The summed E-state index contributed by atoms with van der Waals surface area (Å²) in [6, 6.07) is 17.9. The number of aromatic nitrogens is 5. The molecule has 7 nitrogen and oxygen atoms in total. The normalized spacial score (nSPS) is 11.0. The van der Waals surface area contributed by atoms with Crippen LogP contribution >= 0.6 is 0 Å². The number of para-hydroxylation sites is 3. The van der Waals surface area contributed by atoms with Crippen molar-refractivity contribution in [2.75, 3.05) is 5.32 Å². The Morgan fingerprint density at radius 2 is 1.77 bits per heavy atom. The van der Waals surface area contributed by atoms with Crippen molar-refractivity contribution >= 4 is 33.6 Å².